The number of fused-ring (bicyclic) bond motifs is 1. The fourth-order valence-electron chi connectivity index (χ4n) is 2.06. The summed E-state index contributed by atoms with van der Waals surface area (Å²) in [6, 6.07) is 12.9. The van der Waals surface area contributed by atoms with Gasteiger partial charge in [-0.05, 0) is 29.7 Å². The molecule has 0 saturated carbocycles. The molecule has 0 spiro atoms. The van der Waals surface area contributed by atoms with Crippen molar-refractivity contribution in [1.82, 2.24) is 4.98 Å². The van der Waals surface area contributed by atoms with Crippen molar-refractivity contribution in [3.8, 4) is 16.3 Å². The summed E-state index contributed by atoms with van der Waals surface area (Å²) in [6.07, 6.45) is 0. The van der Waals surface area contributed by atoms with E-state index in [9.17, 15) is 10.0 Å². The Balaban J connectivity index is 2.20. The third-order valence-electron chi connectivity index (χ3n) is 3.06. The Labute approximate surface area is 120 Å². The molecule has 0 fully saturated rings. The van der Waals surface area contributed by atoms with Gasteiger partial charge < -0.3 is 14.8 Å². The van der Waals surface area contributed by atoms with Crippen LogP contribution >= 0.6 is 11.3 Å². The average molecular weight is 285 g/mol. The number of ether oxygens (including phenoxy) is 1. The topological polar surface area (TPSA) is 62.6 Å². The van der Waals surface area contributed by atoms with Gasteiger partial charge in [0.1, 0.15) is 10.8 Å². The van der Waals surface area contributed by atoms with Gasteiger partial charge in [-0.2, -0.15) is 0 Å². The number of rotatable bonds is 3. The molecule has 3 aromatic rings. The van der Waals surface area contributed by atoms with E-state index in [-0.39, 0.29) is 0 Å². The number of para-hydroxylation sites is 1. The van der Waals surface area contributed by atoms with E-state index >= 15 is 0 Å². The number of benzene rings is 2. The number of hydrogen-bond acceptors (Lipinski definition) is 5. The summed E-state index contributed by atoms with van der Waals surface area (Å²) in [7, 11) is 0.0369. The second-order valence-electron chi connectivity index (χ2n) is 4.31. The van der Waals surface area contributed by atoms with Gasteiger partial charge in [0.2, 0.25) is 0 Å². The summed E-state index contributed by atoms with van der Waals surface area (Å²) in [5, 5.41) is 19.7. The molecule has 1 aromatic heterocycles. The minimum atomic E-state index is -1.54. The van der Waals surface area contributed by atoms with Gasteiger partial charge in [-0.15, -0.1) is 11.3 Å². The lowest BCUT2D eigenvalue weighted by Gasteiger charge is -2.08. The first-order valence-electron chi connectivity index (χ1n) is 6.09. The van der Waals surface area contributed by atoms with E-state index in [1.165, 1.54) is 11.3 Å². The van der Waals surface area contributed by atoms with E-state index in [2.05, 4.69) is 4.98 Å². The van der Waals surface area contributed by atoms with Gasteiger partial charge in [0, 0.05) is 5.56 Å². The summed E-state index contributed by atoms with van der Waals surface area (Å²) in [5.74, 6) is 0.656. The van der Waals surface area contributed by atoms with Gasteiger partial charge in [0.05, 0.1) is 17.3 Å². The molecular weight excluding hydrogens is 273 g/mol. The van der Waals surface area contributed by atoms with Crippen LogP contribution < -0.4 is 10.2 Å². The van der Waals surface area contributed by atoms with Crippen molar-refractivity contribution in [3.63, 3.8) is 0 Å². The van der Waals surface area contributed by atoms with Crippen LogP contribution in [0, 0.1) is 0 Å². The molecule has 0 aliphatic rings. The number of hydrogen-bond donors (Lipinski definition) is 2. The zero-order valence-corrected chi connectivity index (χ0v) is 11.6. The van der Waals surface area contributed by atoms with Crippen LogP contribution in [0.15, 0.2) is 42.5 Å². The Bertz CT molecular complexity index is 724. The van der Waals surface area contributed by atoms with Crippen molar-refractivity contribution in [2.75, 3.05) is 7.11 Å². The Morgan fingerprint density at radius 1 is 1.15 bits per heavy atom. The lowest BCUT2D eigenvalue weighted by atomic mass is 9.77. The summed E-state index contributed by atoms with van der Waals surface area (Å²) in [5.41, 5.74) is 2.00. The number of aromatic nitrogens is 1. The van der Waals surface area contributed by atoms with Crippen LogP contribution in [0.1, 0.15) is 0 Å². The third kappa shape index (κ3) is 2.29. The second-order valence-corrected chi connectivity index (χ2v) is 5.34. The Morgan fingerprint density at radius 3 is 2.65 bits per heavy atom. The molecule has 0 aliphatic heterocycles. The molecule has 0 radical (unpaired) electrons. The highest BCUT2D eigenvalue weighted by atomic mass is 32.1. The maximum Gasteiger partial charge on any atom is 0.489 e. The van der Waals surface area contributed by atoms with E-state index < -0.39 is 7.12 Å². The molecule has 100 valence electrons. The zero-order valence-electron chi connectivity index (χ0n) is 10.8. The van der Waals surface area contributed by atoms with Crippen LogP contribution in [-0.4, -0.2) is 29.3 Å². The minimum absolute atomic E-state index is 0.421. The first-order valence-corrected chi connectivity index (χ1v) is 6.90. The summed E-state index contributed by atoms with van der Waals surface area (Å²) in [4.78, 5) is 4.54. The standard InChI is InChI=1S/C14H12BNO3S/c1-19-9-6-7-11(15(17)18)10(8-9)14-16-12-4-2-3-5-13(12)20-14/h2-8,17-18H,1H3. The molecule has 2 aromatic carbocycles. The number of thiazole rings is 1. The molecule has 20 heavy (non-hydrogen) atoms. The van der Waals surface area contributed by atoms with Gasteiger partial charge in [0.25, 0.3) is 0 Å². The van der Waals surface area contributed by atoms with E-state index in [1.807, 2.05) is 24.3 Å². The molecule has 6 heteroatoms. The van der Waals surface area contributed by atoms with Crippen LogP contribution in [-0.2, 0) is 0 Å². The number of methoxy groups -OCH3 is 1. The van der Waals surface area contributed by atoms with Gasteiger partial charge in [-0.3, -0.25) is 0 Å². The van der Waals surface area contributed by atoms with Gasteiger partial charge in [0.15, 0.2) is 0 Å². The lowest BCUT2D eigenvalue weighted by Crippen LogP contribution is -2.31. The highest BCUT2D eigenvalue weighted by molar-refractivity contribution is 7.21. The van der Waals surface area contributed by atoms with E-state index in [1.54, 1.807) is 25.3 Å². The molecule has 2 N–H and O–H groups in total. The zero-order chi connectivity index (χ0) is 14.1. The fourth-order valence-corrected chi connectivity index (χ4v) is 3.06. The van der Waals surface area contributed by atoms with Crippen LogP contribution in [0.2, 0.25) is 0 Å². The fraction of sp³-hybridized carbons (Fsp3) is 0.0714. The van der Waals surface area contributed by atoms with E-state index in [0.29, 0.717) is 16.8 Å². The largest absolute Gasteiger partial charge is 0.497 e. The Morgan fingerprint density at radius 2 is 1.95 bits per heavy atom. The van der Waals surface area contributed by atoms with Gasteiger partial charge >= 0.3 is 7.12 Å². The monoisotopic (exact) mass is 285 g/mol. The first-order chi connectivity index (χ1) is 9.69. The molecule has 0 saturated heterocycles. The van der Waals surface area contributed by atoms with Crippen molar-refractivity contribution in [2.24, 2.45) is 0 Å². The van der Waals surface area contributed by atoms with Crippen LogP contribution in [0.5, 0.6) is 5.75 Å². The summed E-state index contributed by atoms with van der Waals surface area (Å²) < 4.78 is 6.26. The van der Waals surface area contributed by atoms with Gasteiger partial charge in [-0.1, -0.05) is 18.2 Å². The Hall–Kier alpha value is -1.89. The molecule has 0 unspecified atom stereocenters. The SMILES string of the molecule is COc1ccc(B(O)O)c(-c2nc3ccccc3s2)c1. The summed E-state index contributed by atoms with van der Waals surface area (Å²) in [6.45, 7) is 0. The highest BCUT2D eigenvalue weighted by Gasteiger charge is 2.20. The molecule has 4 nitrogen and oxygen atoms in total. The molecular formula is C14H12BNO3S. The predicted octanol–water partition coefficient (Wildman–Crippen LogP) is 1.65. The van der Waals surface area contributed by atoms with E-state index in [4.69, 9.17) is 4.74 Å². The number of nitrogens with zero attached hydrogens (tertiary/aromatic N) is 1. The Kier molecular flexibility index (Phi) is 3.44. The normalized spacial score (nSPS) is 10.8. The second kappa shape index (κ2) is 5.24. The summed E-state index contributed by atoms with van der Waals surface area (Å²) >= 11 is 1.51. The first kappa shape index (κ1) is 13.1. The maximum absolute atomic E-state index is 9.50. The van der Waals surface area contributed by atoms with Crippen LogP contribution in [0.25, 0.3) is 20.8 Å². The van der Waals surface area contributed by atoms with Crippen molar-refractivity contribution >= 4 is 34.1 Å². The lowest BCUT2D eigenvalue weighted by molar-refractivity contribution is 0.414. The molecule has 0 bridgehead atoms. The van der Waals surface area contributed by atoms with Crippen molar-refractivity contribution in [2.45, 2.75) is 0 Å². The van der Waals surface area contributed by atoms with Crippen LogP contribution in [0.4, 0.5) is 0 Å². The third-order valence-corrected chi connectivity index (χ3v) is 4.13. The van der Waals surface area contributed by atoms with Crippen LogP contribution in [0.3, 0.4) is 0 Å². The quantitative estimate of drug-likeness (QED) is 0.718. The van der Waals surface area contributed by atoms with Crippen molar-refractivity contribution < 1.29 is 14.8 Å². The molecule has 3 rings (SSSR count). The van der Waals surface area contributed by atoms with Crippen molar-refractivity contribution in [1.29, 1.82) is 0 Å². The maximum atomic E-state index is 9.50. The highest BCUT2D eigenvalue weighted by Crippen LogP contribution is 2.30. The van der Waals surface area contributed by atoms with Gasteiger partial charge in [-0.25, -0.2) is 4.98 Å². The smallest absolute Gasteiger partial charge is 0.489 e. The predicted molar refractivity (Wildman–Crippen MR) is 81.4 cm³/mol. The van der Waals surface area contributed by atoms with Crippen molar-refractivity contribution in [3.05, 3.63) is 42.5 Å². The average Bonchev–Trinajstić information content (AvgIpc) is 2.90. The molecule has 0 amide bonds. The molecule has 1 heterocycles. The van der Waals surface area contributed by atoms with E-state index in [0.717, 1.165) is 15.2 Å². The minimum Gasteiger partial charge on any atom is -0.497 e. The molecule has 0 atom stereocenters. The molecule has 0 aliphatic carbocycles.